The van der Waals surface area contributed by atoms with Gasteiger partial charge < -0.3 is 20.1 Å². The summed E-state index contributed by atoms with van der Waals surface area (Å²) in [6, 6.07) is 6.02. The van der Waals surface area contributed by atoms with Gasteiger partial charge in [0.2, 0.25) is 6.79 Å². The first-order valence-corrected chi connectivity index (χ1v) is 8.08. The summed E-state index contributed by atoms with van der Waals surface area (Å²) in [5, 5.41) is 6.83. The van der Waals surface area contributed by atoms with Crippen molar-refractivity contribution in [3.8, 4) is 11.5 Å². The molecule has 1 fully saturated rings. The van der Waals surface area contributed by atoms with Crippen LogP contribution < -0.4 is 20.1 Å². The molecule has 2 N–H and O–H groups in total. The van der Waals surface area contributed by atoms with Crippen molar-refractivity contribution in [2.45, 2.75) is 39.2 Å². The van der Waals surface area contributed by atoms with E-state index < -0.39 is 0 Å². The minimum atomic E-state index is 0.314. The second-order valence-electron chi connectivity index (χ2n) is 6.17. The van der Waals surface area contributed by atoms with Crippen molar-refractivity contribution in [1.29, 1.82) is 0 Å². The van der Waals surface area contributed by atoms with Crippen molar-refractivity contribution >= 4 is 5.96 Å². The summed E-state index contributed by atoms with van der Waals surface area (Å²) >= 11 is 0. The van der Waals surface area contributed by atoms with Crippen LogP contribution in [0.15, 0.2) is 23.2 Å². The Kier molecular flexibility index (Phi) is 4.41. The number of nitrogens with one attached hydrogen (secondary N) is 2. The number of fused-ring (bicyclic) bond motifs is 1. The first-order valence-electron chi connectivity index (χ1n) is 8.08. The summed E-state index contributed by atoms with van der Waals surface area (Å²) in [6.07, 6.45) is 5.25. The molecule has 1 saturated carbocycles. The van der Waals surface area contributed by atoms with Crippen LogP contribution in [0.3, 0.4) is 0 Å². The molecule has 1 aromatic carbocycles. The molecule has 1 aliphatic carbocycles. The van der Waals surface area contributed by atoms with Crippen LogP contribution in [0.1, 0.15) is 38.2 Å². The maximum Gasteiger partial charge on any atom is 0.231 e. The normalized spacial score (nSPS) is 18.7. The third kappa shape index (κ3) is 3.13. The minimum Gasteiger partial charge on any atom is -0.454 e. The van der Waals surface area contributed by atoms with Gasteiger partial charge in [-0.05, 0) is 42.4 Å². The Morgan fingerprint density at radius 2 is 2.05 bits per heavy atom. The highest BCUT2D eigenvalue weighted by molar-refractivity contribution is 5.79. The molecule has 5 heteroatoms. The van der Waals surface area contributed by atoms with Gasteiger partial charge in [-0.1, -0.05) is 19.4 Å². The standard InChI is InChI=1S/C17H25N3O2/c1-3-17(7-4-8-17)11-20-16(18-2)19-10-13-5-6-14-15(9-13)22-12-21-14/h5-6,9H,3-4,7-8,10-12H2,1-2H3,(H2,18,19,20). The fraction of sp³-hybridized carbons (Fsp3) is 0.588. The number of ether oxygens (including phenoxy) is 2. The van der Waals surface area contributed by atoms with Crippen molar-refractivity contribution in [1.82, 2.24) is 10.6 Å². The van der Waals surface area contributed by atoms with E-state index in [2.05, 4.69) is 22.5 Å². The predicted molar refractivity (Wildman–Crippen MR) is 87.3 cm³/mol. The number of hydrogen-bond donors (Lipinski definition) is 2. The molecule has 0 amide bonds. The van der Waals surface area contributed by atoms with Gasteiger partial charge >= 0.3 is 0 Å². The molecule has 0 saturated heterocycles. The van der Waals surface area contributed by atoms with Crippen LogP contribution in [0.25, 0.3) is 0 Å². The van der Waals surface area contributed by atoms with Crippen molar-refractivity contribution in [3.05, 3.63) is 23.8 Å². The molecule has 1 aliphatic heterocycles. The average Bonchev–Trinajstić information content (AvgIpc) is 2.97. The molecule has 0 aromatic heterocycles. The molecule has 2 aliphatic rings. The minimum absolute atomic E-state index is 0.314. The van der Waals surface area contributed by atoms with E-state index in [1.54, 1.807) is 0 Å². The van der Waals surface area contributed by atoms with Crippen molar-refractivity contribution in [2.24, 2.45) is 10.4 Å². The summed E-state index contributed by atoms with van der Waals surface area (Å²) in [7, 11) is 1.81. The average molecular weight is 303 g/mol. The monoisotopic (exact) mass is 303 g/mol. The Hall–Kier alpha value is -1.91. The van der Waals surface area contributed by atoms with E-state index in [1.165, 1.54) is 25.7 Å². The van der Waals surface area contributed by atoms with E-state index in [9.17, 15) is 0 Å². The van der Waals surface area contributed by atoms with Crippen LogP contribution in [0.4, 0.5) is 0 Å². The molecule has 0 atom stereocenters. The quantitative estimate of drug-likeness (QED) is 0.648. The SMILES string of the molecule is CCC1(CNC(=NC)NCc2ccc3c(c2)OCO3)CCC1. The Morgan fingerprint density at radius 1 is 1.23 bits per heavy atom. The molecule has 1 heterocycles. The van der Waals surface area contributed by atoms with Gasteiger partial charge in [0.1, 0.15) is 0 Å². The topological polar surface area (TPSA) is 54.9 Å². The van der Waals surface area contributed by atoms with Crippen molar-refractivity contribution in [2.75, 3.05) is 20.4 Å². The zero-order chi connectivity index (χ0) is 15.4. The smallest absolute Gasteiger partial charge is 0.231 e. The van der Waals surface area contributed by atoms with Crippen LogP contribution in [0.2, 0.25) is 0 Å². The molecule has 22 heavy (non-hydrogen) atoms. The summed E-state index contributed by atoms with van der Waals surface area (Å²) in [5.41, 5.74) is 1.64. The predicted octanol–water partition coefficient (Wildman–Crippen LogP) is 2.66. The number of aliphatic imine (C=N–C) groups is 1. The van der Waals surface area contributed by atoms with Crippen LogP contribution in [0.5, 0.6) is 11.5 Å². The largest absolute Gasteiger partial charge is 0.454 e. The van der Waals surface area contributed by atoms with E-state index in [-0.39, 0.29) is 0 Å². The second kappa shape index (κ2) is 6.46. The first-order chi connectivity index (χ1) is 10.7. The maximum absolute atomic E-state index is 5.41. The Bertz CT molecular complexity index is 547. The van der Waals surface area contributed by atoms with Gasteiger partial charge in [0.15, 0.2) is 17.5 Å². The molecular weight excluding hydrogens is 278 g/mol. The van der Waals surface area contributed by atoms with Gasteiger partial charge in [-0.3, -0.25) is 4.99 Å². The van der Waals surface area contributed by atoms with Crippen LogP contribution in [-0.4, -0.2) is 26.3 Å². The molecule has 0 bridgehead atoms. The number of hydrogen-bond acceptors (Lipinski definition) is 3. The molecule has 1 aromatic rings. The third-order valence-corrected chi connectivity index (χ3v) is 4.92. The van der Waals surface area contributed by atoms with Gasteiger partial charge in [-0.2, -0.15) is 0 Å². The molecule has 0 spiro atoms. The van der Waals surface area contributed by atoms with E-state index >= 15 is 0 Å². The Balaban J connectivity index is 1.51. The number of nitrogens with zero attached hydrogens (tertiary/aromatic N) is 1. The summed E-state index contributed by atoms with van der Waals surface area (Å²) in [4.78, 5) is 4.31. The van der Waals surface area contributed by atoms with E-state index in [0.29, 0.717) is 12.2 Å². The highest BCUT2D eigenvalue weighted by Gasteiger charge is 2.34. The zero-order valence-electron chi connectivity index (χ0n) is 13.4. The van der Waals surface area contributed by atoms with Crippen LogP contribution >= 0.6 is 0 Å². The van der Waals surface area contributed by atoms with Gasteiger partial charge in [0.05, 0.1) is 0 Å². The molecule has 0 unspecified atom stereocenters. The molecule has 5 nitrogen and oxygen atoms in total. The molecular formula is C17H25N3O2. The third-order valence-electron chi connectivity index (χ3n) is 4.92. The highest BCUT2D eigenvalue weighted by Crippen LogP contribution is 2.43. The lowest BCUT2D eigenvalue weighted by Gasteiger charge is -2.41. The van der Waals surface area contributed by atoms with E-state index in [4.69, 9.17) is 9.47 Å². The fourth-order valence-corrected chi connectivity index (χ4v) is 3.06. The summed E-state index contributed by atoms with van der Waals surface area (Å²) < 4.78 is 10.7. The lowest BCUT2D eigenvalue weighted by Crippen LogP contribution is -2.46. The second-order valence-corrected chi connectivity index (χ2v) is 6.17. The van der Waals surface area contributed by atoms with Crippen LogP contribution in [-0.2, 0) is 6.54 Å². The van der Waals surface area contributed by atoms with Gasteiger partial charge in [-0.15, -0.1) is 0 Å². The molecule has 0 radical (unpaired) electrons. The van der Waals surface area contributed by atoms with Crippen molar-refractivity contribution in [3.63, 3.8) is 0 Å². The lowest BCUT2D eigenvalue weighted by molar-refractivity contribution is 0.131. The number of rotatable bonds is 5. The van der Waals surface area contributed by atoms with Gasteiger partial charge in [-0.25, -0.2) is 0 Å². The Morgan fingerprint density at radius 3 is 2.73 bits per heavy atom. The molecule has 3 rings (SSSR count). The first kappa shape index (κ1) is 15.0. The number of guanidine groups is 1. The highest BCUT2D eigenvalue weighted by atomic mass is 16.7. The van der Waals surface area contributed by atoms with Crippen LogP contribution in [0, 0.1) is 5.41 Å². The Labute approximate surface area is 132 Å². The fourth-order valence-electron chi connectivity index (χ4n) is 3.06. The maximum atomic E-state index is 5.41. The number of benzene rings is 1. The molecule has 120 valence electrons. The van der Waals surface area contributed by atoms with E-state index in [0.717, 1.165) is 36.1 Å². The summed E-state index contributed by atoms with van der Waals surface area (Å²) in [5.74, 6) is 2.50. The lowest BCUT2D eigenvalue weighted by atomic mass is 9.67. The summed E-state index contributed by atoms with van der Waals surface area (Å²) in [6.45, 7) is 4.32. The van der Waals surface area contributed by atoms with Gasteiger partial charge in [0, 0.05) is 20.1 Å². The van der Waals surface area contributed by atoms with Crippen molar-refractivity contribution < 1.29 is 9.47 Å². The van der Waals surface area contributed by atoms with Gasteiger partial charge in [0.25, 0.3) is 0 Å². The van der Waals surface area contributed by atoms with E-state index in [1.807, 2.05) is 25.2 Å². The zero-order valence-corrected chi connectivity index (χ0v) is 13.4.